The number of likely N-dealkylation sites (N-methyl/N-ethyl adjacent to an activating group) is 1. The van der Waals surface area contributed by atoms with Crippen molar-refractivity contribution in [2.24, 2.45) is 0 Å². The number of nitrogens with zero attached hydrogens (tertiary/aromatic N) is 1. The van der Waals surface area contributed by atoms with Crippen molar-refractivity contribution < 1.29 is 4.79 Å². The van der Waals surface area contributed by atoms with Gasteiger partial charge in [-0.2, -0.15) is 0 Å². The van der Waals surface area contributed by atoms with Gasteiger partial charge in [0.25, 0.3) is 0 Å². The van der Waals surface area contributed by atoms with Gasteiger partial charge in [-0.1, -0.05) is 12.1 Å². The molecule has 2 N–H and O–H groups in total. The molecule has 2 rings (SSSR count). The first kappa shape index (κ1) is 20.2. The van der Waals surface area contributed by atoms with Crippen LogP contribution >= 0.6 is 24.8 Å². The molecule has 0 aliphatic carbocycles. The third kappa shape index (κ3) is 7.14. The van der Waals surface area contributed by atoms with Crippen molar-refractivity contribution in [3.8, 4) is 0 Å². The van der Waals surface area contributed by atoms with Gasteiger partial charge in [-0.05, 0) is 57.1 Å². The molecule has 1 aromatic rings. The zero-order valence-corrected chi connectivity index (χ0v) is 14.1. The molecule has 0 aromatic heterocycles. The minimum atomic E-state index is -0.00711. The lowest BCUT2D eigenvalue weighted by molar-refractivity contribution is -0.115. The summed E-state index contributed by atoms with van der Waals surface area (Å²) in [6, 6.07) is 8.16. The molecular weight excluding hydrogens is 309 g/mol. The van der Waals surface area contributed by atoms with E-state index in [1.807, 2.05) is 12.1 Å². The van der Waals surface area contributed by atoms with E-state index in [1.54, 1.807) is 7.05 Å². The number of hydrogen-bond acceptors (Lipinski definition) is 3. The van der Waals surface area contributed by atoms with Gasteiger partial charge in [0.15, 0.2) is 0 Å². The monoisotopic (exact) mass is 333 g/mol. The molecule has 1 aliphatic rings. The van der Waals surface area contributed by atoms with E-state index in [0.717, 1.165) is 18.7 Å². The topological polar surface area (TPSA) is 44.4 Å². The molecular formula is C15H25Cl2N3O. The first-order valence-electron chi connectivity index (χ1n) is 7.03. The van der Waals surface area contributed by atoms with Crippen molar-refractivity contribution in [2.75, 3.05) is 38.5 Å². The lowest BCUT2D eigenvalue weighted by atomic mass is 10.1. The van der Waals surface area contributed by atoms with E-state index in [1.165, 1.54) is 31.5 Å². The number of nitrogens with one attached hydrogen (secondary N) is 2. The Labute approximate surface area is 139 Å². The molecule has 0 saturated carbocycles. The van der Waals surface area contributed by atoms with Crippen molar-refractivity contribution in [3.05, 3.63) is 29.8 Å². The van der Waals surface area contributed by atoms with Crippen LogP contribution in [-0.2, 0) is 11.2 Å². The first-order valence-corrected chi connectivity index (χ1v) is 7.03. The van der Waals surface area contributed by atoms with Gasteiger partial charge in [-0.25, -0.2) is 0 Å². The minimum Gasteiger partial charge on any atom is -0.325 e. The minimum absolute atomic E-state index is 0. The Bertz CT molecular complexity index is 406. The SMILES string of the molecule is CNCC(=O)Nc1ccc(CCN2CCCC2)cc1.Cl.Cl. The number of amides is 1. The number of likely N-dealkylation sites (tertiary alicyclic amines) is 1. The fourth-order valence-corrected chi connectivity index (χ4v) is 2.41. The third-order valence-electron chi connectivity index (χ3n) is 3.49. The molecule has 21 heavy (non-hydrogen) atoms. The second-order valence-corrected chi connectivity index (χ2v) is 5.07. The van der Waals surface area contributed by atoms with Gasteiger partial charge in [0, 0.05) is 12.2 Å². The number of rotatable bonds is 6. The highest BCUT2D eigenvalue weighted by Crippen LogP contribution is 2.12. The molecule has 6 heteroatoms. The maximum Gasteiger partial charge on any atom is 0.238 e. The quantitative estimate of drug-likeness (QED) is 0.839. The zero-order chi connectivity index (χ0) is 13.5. The Balaban J connectivity index is 0.00000200. The van der Waals surface area contributed by atoms with Crippen molar-refractivity contribution in [1.82, 2.24) is 10.2 Å². The summed E-state index contributed by atoms with van der Waals surface area (Å²) >= 11 is 0. The molecule has 1 heterocycles. The molecule has 1 aromatic carbocycles. The van der Waals surface area contributed by atoms with Gasteiger partial charge in [-0.3, -0.25) is 4.79 Å². The van der Waals surface area contributed by atoms with Crippen LogP contribution in [0.4, 0.5) is 5.69 Å². The van der Waals surface area contributed by atoms with Crippen molar-refractivity contribution in [1.29, 1.82) is 0 Å². The van der Waals surface area contributed by atoms with Crippen LogP contribution in [0.1, 0.15) is 18.4 Å². The summed E-state index contributed by atoms with van der Waals surface area (Å²) in [6.07, 6.45) is 3.78. The van der Waals surface area contributed by atoms with Crippen molar-refractivity contribution in [2.45, 2.75) is 19.3 Å². The summed E-state index contributed by atoms with van der Waals surface area (Å²) in [5.74, 6) is -0.00711. The predicted molar refractivity (Wildman–Crippen MR) is 92.9 cm³/mol. The normalized spacial score (nSPS) is 14.1. The van der Waals surface area contributed by atoms with E-state index in [9.17, 15) is 4.79 Å². The van der Waals surface area contributed by atoms with Gasteiger partial charge in [0.1, 0.15) is 0 Å². The zero-order valence-electron chi connectivity index (χ0n) is 12.4. The third-order valence-corrected chi connectivity index (χ3v) is 3.49. The van der Waals surface area contributed by atoms with Crippen LogP contribution in [0.5, 0.6) is 0 Å². The number of hydrogen-bond donors (Lipinski definition) is 2. The number of benzene rings is 1. The second kappa shape index (κ2) is 10.9. The number of carbonyl (C=O) groups excluding carboxylic acids is 1. The number of carbonyl (C=O) groups is 1. The standard InChI is InChI=1S/C15H23N3O.2ClH/c1-16-12-15(19)17-14-6-4-13(5-7-14)8-11-18-9-2-3-10-18;;/h4-7,16H,2-3,8-12H2,1H3,(H,17,19);2*1H. The molecule has 0 radical (unpaired) electrons. The molecule has 1 fully saturated rings. The van der Waals surface area contributed by atoms with Crippen LogP contribution in [0.2, 0.25) is 0 Å². The summed E-state index contributed by atoms with van der Waals surface area (Å²) in [4.78, 5) is 13.9. The maximum absolute atomic E-state index is 11.4. The van der Waals surface area contributed by atoms with E-state index < -0.39 is 0 Å². The molecule has 1 saturated heterocycles. The average molecular weight is 334 g/mol. The Morgan fingerprint density at radius 2 is 1.76 bits per heavy atom. The summed E-state index contributed by atoms with van der Waals surface area (Å²) in [7, 11) is 1.76. The van der Waals surface area contributed by atoms with Gasteiger partial charge in [0.2, 0.25) is 5.91 Å². The second-order valence-electron chi connectivity index (χ2n) is 5.07. The van der Waals surface area contributed by atoms with E-state index in [2.05, 4.69) is 27.7 Å². The summed E-state index contributed by atoms with van der Waals surface area (Å²) in [5, 5.41) is 5.69. The van der Waals surface area contributed by atoms with Crippen molar-refractivity contribution in [3.63, 3.8) is 0 Å². The van der Waals surface area contributed by atoms with Crippen LogP contribution in [0.15, 0.2) is 24.3 Å². The molecule has 0 spiro atoms. The lowest BCUT2D eigenvalue weighted by Gasteiger charge is -2.14. The lowest BCUT2D eigenvalue weighted by Crippen LogP contribution is -2.25. The summed E-state index contributed by atoms with van der Waals surface area (Å²) in [5.41, 5.74) is 2.20. The van der Waals surface area contributed by atoms with Crippen LogP contribution in [0.25, 0.3) is 0 Å². The summed E-state index contributed by atoms with van der Waals surface area (Å²) in [6.45, 7) is 3.98. The molecule has 0 unspecified atom stereocenters. The molecule has 0 atom stereocenters. The van der Waals surface area contributed by atoms with Crippen LogP contribution in [-0.4, -0.2) is 44.0 Å². The fourth-order valence-electron chi connectivity index (χ4n) is 2.41. The largest absolute Gasteiger partial charge is 0.325 e. The first-order chi connectivity index (χ1) is 9.28. The highest BCUT2D eigenvalue weighted by Gasteiger charge is 2.10. The van der Waals surface area contributed by atoms with E-state index in [4.69, 9.17) is 0 Å². The van der Waals surface area contributed by atoms with E-state index >= 15 is 0 Å². The van der Waals surface area contributed by atoms with Crippen LogP contribution in [0.3, 0.4) is 0 Å². The maximum atomic E-state index is 11.4. The molecule has 1 amide bonds. The molecule has 0 bridgehead atoms. The van der Waals surface area contributed by atoms with Crippen LogP contribution < -0.4 is 10.6 Å². The summed E-state index contributed by atoms with van der Waals surface area (Å²) < 4.78 is 0. The molecule has 4 nitrogen and oxygen atoms in total. The number of anilines is 1. The molecule has 1 aliphatic heterocycles. The Kier molecular flexibility index (Phi) is 10.4. The Morgan fingerprint density at radius 1 is 1.14 bits per heavy atom. The molecule has 120 valence electrons. The average Bonchev–Trinajstić information content (AvgIpc) is 2.91. The van der Waals surface area contributed by atoms with Crippen LogP contribution in [0, 0.1) is 0 Å². The number of halogens is 2. The fraction of sp³-hybridized carbons (Fsp3) is 0.533. The van der Waals surface area contributed by atoms with Gasteiger partial charge in [-0.15, -0.1) is 24.8 Å². The van der Waals surface area contributed by atoms with E-state index in [0.29, 0.717) is 6.54 Å². The smallest absolute Gasteiger partial charge is 0.238 e. The van der Waals surface area contributed by atoms with Gasteiger partial charge < -0.3 is 15.5 Å². The highest BCUT2D eigenvalue weighted by molar-refractivity contribution is 5.92. The predicted octanol–water partition coefficient (Wildman–Crippen LogP) is 2.33. The van der Waals surface area contributed by atoms with Gasteiger partial charge >= 0.3 is 0 Å². The van der Waals surface area contributed by atoms with Crippen molar-refractivity contribution >= 4 is 36.4 Å². The van der Waals surface area contributed by atoms with Gasteiger partial charge in [0.05, 0.1) is 6.54 Å². The van der Waals surface area contributed by atoms with E-state index in [-0.39, 0.29) is 30.7 Å². The Morgan fingerprint density at radius 3 is 2.33 bits per heavy atom. The highest BCUT2D eigenvalue weighted by atomic mass is 35.5. The Hall–Kier alpha value is -0.810.